The number of carbonyl (C=O) groups excluding carboxylic acids is 1. The molecule has 2 N–H and O–H groups in total. The van der Waals surface area contributed by atoms with E-state index in [2.05, 4.69) is 18.3 Å². The molecule has 8 heteroatoms. The van der Waals surface area contributed by atoms with E-state index in [1.165, 1.54) is 12.7 Å². The molecule has 1 aliphatic rings. The Labute approximate surface area is 176 Å². The van der Waals surface area contributed by atoms with Crippen molar-refractivity contribution in [1.29, 1.82) is 0 Å². The first kappa shape index (κ1) is 18.6. The van der Waals surface area contributed by atoms with Crippen LogP contribution in [-0.4, -0.2) is 32.9 Å². The number of aryl methyl sites for hydroxylation is 2. The van der Waals surface area contributed by atoms with Gasteiger partial charge in [0.25, 0.3) is 0 Å². The van der Waals surface area contributed by atoms with Gasteiger partial charge in [-0.05, 0) is 49.2 Å². The van der Waals surface area contributed by atoms with Gasteiger partial charge in [0, 0.05) is 17.9 Å². The summed E-state index contributed by atoms with van der Waals surface area (Å²) in [4.78, 5) is 17.3. The van der Waals surface area contributed by atoms with E-state index in [9.17, 15) is 9.90 Å². The lowest BCUT2D eigenvalue weighted by Crippen LogP contribution is -2.24. The van der Waals surface area contributed by atoms with Crippen LogP contribution in [-0.2, 0) is 4.79 Å². The lowest BCUT2D eigenvalue weighted by molar-refractivity contribution is -0.116. The highest BCUT2D eigenvalue weighted by Crippen LogP contribution is 2.42. The molecular weight excluding hydrogens is 400 g/mol. The van der Waals surface area contributed by atoms with Crippen molar-refractivity contribution in [1.82, 2.24) is 14.8 Å². The maximum absolute atomic E-state index is 12.6. The number of hydrogen-bond donors (Lipinski definition) is 2. The average Bonchev–Trinajstić information content (AvgIpc) is 3.28. The highest BCUT2D eigenvalue weighted by atomic mass is 32.1. The summed E-state index contributed by atoms with van der Waals surface area (Å²) in [6.45, 7) is 3.99. The Hall–Kier alpha value is -3.39. The zero-order valence-corrected chi connectivity index (χ0v) is 17.6. The molecule has 0 bridgehead atoms. The second kappa shape index (κ2) is 6.84. The summed E-state index contributed by atoms with van der Waals surface area (Å²) < 4.78 is 8.07. The van der Waals surface area contributed by atoms with Crippen LogP contribution in [0.5, 0.6) is 11.5 Å². The summed E-state index contributed by atoms with van der Waals surface area (Å²) in [7, 11) is 1.51. The predicted octanol–water partition coefficient (Wildman–Crippen LogP) is 4.29. The van der Waals surface area contributed by atoms with Crippen LogP contribution in [0.3, 0.4) is 0 Å². The standard InChI is InChI=1S/C22H20N4O3S/c1-11-4-6-15-18(8-11)30-22(23-15)26-21-20(12(2)25-26)14(10-19(28)24-21)13-5-7-16(27)17(9-13)29-3/h4-9,14,27H,10H2,1-3H3,(H,24,28). The number of nitrogens with zero attached hydrogens (tertiary/aromatic N) is 3. The Balaban J connectivity index is 1.66. The first-order chi connectivity index (χ1) is 14.4. The third kappa shape index (κ3) is 2.91. The number of nitrogens with one attached hydrogen (secondary N) is 1. The van der Waals surface area contributed by atoms with E-state index in [1.54, 1.807) is 28.2 Å². The van der Waals surface area contributed by atoms with E-state index in [0.29, 0.717) is 23.1 Å². The highest BCUT2D eigenvalue weighted by molar-refractivity contribution is 7.20. The molecule has 0 radical (unpaired) electrons. The van der Waals surface area contributed by atoms with E-state index in [1.807, 2.05) is 25.1 Å². The van der Waals surface area contributed by atoms with Crippen LogP contribution in [0.2, 0.25) is 0 Å². The number of ether oxygens (including phenoxy) is 1. The molecule has 0 saturated heterocycles. The number of phenolic OH excluding ortho intramolecular Hbond substituents is 1. The molecule has 3 heterocycles. The minimum Gasteiger partial charge on any atom is -0.504 e. The summed E-state index contributed by atoms with van der Waals surface area (Å²) >= 11 is 1.54. The van der Waals surface area contributed by atoms with Gasteiger partial charge in [-0.15, -0.1) is 0 Å². The molecule has 1 aliphatic heterocycles. The molecule has 0 aliphatic carbocycles. The molecule has 30 heavy (non-hydrogen) atoms. The summed E-state index contributed by atoms with van der Waals surface area (Å²) in [5.74, 6) is 0.827. The van der Waals surface area contributed by atoms with Crippen molar-refractivity contribution in [3.8, 4) is 16.6 Å². The van der Waals surface area contributed by atoms with Gasteiger partial charge in [0.05, 0.1) is 23.0 Å². The molecule has 5 rings (SSSR count). The Morgan fingerprint density at radius 2 is 2.07 bits per heavy atom. The van der Waals surface area contributed by atoms with Crippen LogP contribution in [0.1, 0.15) is 34.7 Å². The Kier molecular flexibility index (Phi) is 4.25. The summed E-state index contributed by atoms with van der Waals surface area (Å²) in [6.07, 6.45) is 0.298. The highest BCUT2D eigenvalue weighted by Gasteiger charge is 2.33. The van der Waals surface area contributed by atoms with Gasteiger partial charge in [0.15, 0.2) is 11.5 Å². The number of aromatic hydroxyl groups is 1. The molecule has 2 aromatic carbocycles. The van der Waals surface area contributed by atoms with Crippen LogP contribution in [0, 0.1) is 13.8 Å². The average molecular weight is 420 g/mol. The number of amides is 1. The second-order valence-electron chi connectivity index (χ2n) is 7.46. The number of thiazole rings is 1. The SMILES string of the molecule is COc1cc(C2CC(=O)Nc3c2c(C)nn3-c2nc3ccc(C)cc3s2)ccc1O. The first-order valence-electron chi connectivity index (χ1n) is 9.58. The zero-order valence-electron chi connectivity index (χ0n) is 16.8. The third-order valence-electron chi connectivity index (χ3n) is 5.42. The number of anilines is 1. The van der Waals surface area contributed by atoms with Gasteiger partial charge in [-0.3, -0.25) is 4.79 Å². The van der Waals surface area contributed by atoms with Gasteiger partial charge in [-0.2, -0.15) is 9.78 Å². The maximum atomic E-state index is 12.6. The van der Waals surface area contributed by atoms with Gasteiger partial charge < -0.3 is 15.2 Å². The third-order valence-corrected chi connectivity index (χ3v) is 6.42. The molecule has 4 aromatic rings. The van der Waals surface area contributed by atoms with Crippen LogP contribution >= 0.6 is 11.3 Å². The molecule has 0 saturated carbocycles. The van der Waals surface area contributed by atoms with Crippen molar-refractivity contribution in [2.24, 2.45) is 0 Å². The molecule has 7 nitrogen and oxygen atoms in total. The molecule has 1 unspecified atom stereocenters. The number of aromatic nitrogens is 3. The molecule has 152 valence electrons. The smallest absolute Gasteiger partial charge is 0.226 e. The monoisotopic (exact) mass is 420 g/mol. The van der Waals surface area contributed by atoms with Crippen LogP contribution in [0.4, 0.5) is 5.82 Å². The second-order valence-corrected chi connectivity index (χ2v) is 8.47. The maximum Gasteiger partial charge on any atom is 0.226 e. The number of phenols is 1. The Bertz CT molecular complexity index is 1310. The largest absolute Gasteiger partial charge is 0.504 e. The number of fused-ring (bicyclic) bond motifs is 2. The Morgan fingerprint density at radius 3 is 2.87 bits per heavy atom. The molecule has 1 atom stereocenters. The number of methoxy groups -OCH3 is 1. The van der Waals surface area contributed by atoms with Gasteiger partial charge in [0.1, 0.15) is 5.82 Å². The molecular formula is C22H20N4O3S. The van der Waals surface area contributed by atoms with Crippen molar-refractivity contribution < 1.29 is 14.6 Å². The van der Waals surface area contributed by atoms with Gasteiger partial charge in [-0.1, -0.05) is 23.5 Å². The first-order valence-corrected chi connectivity index (χ1v) is 10.4. The fourth-order valence-corrected chi connectivity index (χ4v) is 5.01. The quantitative estimate of drug-likeness (QED) is 0.516. The summed E-state index contributed by atoms with van der Waals surface area (Å²) in [5, 5.41) is 18.4. The predicted molar refractivity (Wildman–Crippen MR) is 116 cm³/mol. The van der Waals surface area contributed by atoms with Crippen LogP contribution in [0.15, 0.2) is 36.4 Å². The lowest BCUT2D eigenvalue weighted by Gasteiger charge is -2.24. The van der Waals surface area contributed by atoms with Crippen molar-refractivity contribution in [2.75, 3.05) is 12.4 Å². The van der Waals surface area contributed by atoms with E-state index < -0.39 is 0 Å². The fraction of sp³-hybridized carbons (Fsp3) is 0.227. The summed E-state index contributed by atoms with van der Waals surface area (Å²) in [5.41, 5.74) is 4.76. The van der Waals surface area contributed by atoms with Crippen LogP contribution in [0.25, 0.3) is 15.3 Å². The number of benzene rings is 2. The van der Waals surface area contributed by atoms with Gasteiger partial charge in [0.2, 0.25) is 11.0 Å². The minimum atomic E-state index is -0.186. The Morgan fingerprint density at radius 1 is 1.23 bits per heavy atom. The van der Waals surface area contributed by atoms with Crippen molar-refractivity contribution in [3.05, 3.63) is 58.8 Å². The molecule has 1 amide bonds. The fourth-order valence-electron chi connectivity index (χ4n) is 3.99. The van der Waals surface area contributed by atoms with Crippen molar-refractivity contribution in [3.63, 3.8) is 0 Å². The van der Waals surface area contributed by atoms with E-state index in [0.717, 1.165) is 27.0 Å². The van der Waals surface area contributed by atoms with E-state index in [4.69, 9.17) is 14.8 Å². The van der Waals surface area contributed by atoms with Crippen molar-refractivity contribution >= 4 is 33.3 Å². The summed E-state index contributed by atoms with van der Waals surface area (Å²) in [6, 6.07) is 11.3. The molecule has 0 fully saturated rings. The normalized spacial score (nSPS) is 15.8. The zero-order chi connectivity index (χ0) is 21.0. The minimum absolute atomic E-state index is 0.0684. The van der Waals surface area contributed by atoms with Crippen molar-refractivity contribution in [2.45, 2.75) is 26.2 Å². The molecule has 0 spiro atoms. The van der Waals surface area contributed by atoms with E-state index >= 15 is 0 Å². The molecule has 2 aromatic heterocycles. The number of rotatable bonds is 3. The van der Waals surface area contributed by atoms with Crippen LogP contribution < -0.4 is 10.1 Å². The van der Waals surface area contributed by atoms with E-state index in [-0.39, 0.29) is 17.6 Å². The number of hydrogen-bond acceptors (Lipinski definition) is 6. The number of carbonyl (C=O) groups is 1. The topological polar surface area (TPSA) is 89.3 Å². The lowest BCUT2D eigenvalue weighted by atomic mass is 9.85. The van der Waals surface area contributed by atoms with Gasteiger partial charge >= 0.3 is 0 Å². The van der Waals surface area contributed by atoms with Gasteiger partial charge in [-0.25, -0.2) is 4.98 Å².